The molecule has 2 rings (SSSR count). The molecule has 43 heavy (non-hydrogen) atoms. The van der Waals surface area contributed by atoms with E-state index in [9.17, 15) is 30.0 Å². The molecule has 240 valence electrons. The molecule has 2 aromatic carbocycles. The summed E-state index contributed by atoms with van der Waals surface area (Å²) in [5, 5.41) is 41.3. The van der Waals surface area contributed by atoms with E-state index in [1.165, 1.54) is 0 Å². The predicted octanol–water partition coefficient (Wildman–Crippen LogP) is 5.44. The van der Waals surface area contributed by atoms with Gasteiger partial charge in [0, 0.05) is 12.8 Å². The van der Waals surface area contributed by atoms with Gasteiger partial charge in [0.25, 0.3) is 0 Å². The molecule has 8 heteroatoms. The highest BCUT2D eigenvalue weighted by atomic mass is 16.5. The number of phenols is 2. The lowest BCUT2D eigenvalue weighted by molar-refractivity contribution is -0.158. The maximum Gasteiger partial charge on any atom is 0.306 e. The average molecular weight is 601 g/mol. The van der Waals surface area contributed by atoms with Gasteiger partial charge < -0.3 is 29.9 Å². The molecule has 0 aliphatic rings. The Hall–Kier alpha value is -3.10. The van der Waals surface area contributed by atoms with Crippen molar-refractivity contribution in [1.29, 1.82) is 0 Å². The number of esters is 2. The van der Waals surface area contributed by atoms with Crippen LogP contribution >= 0.6 is 0 Å². The summed E-state index contributed by atoms with van der Waals surface area (Å²) in [6.07, 6.45) is 2.29. The lowest BCUT2D eigenvalue weighted by Crippen LogP contribution is -2.41. The first kappa shape index (κ1) is 36.1. The first-order valence-corrected chi connectivity index (χ1v) is 15.2. The van der Waals surface area contributed by atoms with Gasteiger partial charge >= 0.3 is 11.9 Å². The van der Waals surface area contributed by atoms with E-state index in [1.807, 2.05) is 79.7 Å². The molecule has 4 N–H and O–H groups in total. The third-order valence-corrected chi connectivity index (χ3v) is 7.86. The maximum atomic E-state index is 12.6. The molecule has 0 amide bonds. The van der Waals surface area contributed by atoms with Crippen molar-refractivity contribution < 1.29 is 39.5 Å². The lowest BCUT2D eigenvalue weighted by Gasteiger charge is -2.28. The summed E-state index contributed by atoms with van der Waals surface area (Å²) in [4.78, 5) is 25.2. The fraction of sp³-hybridized carbons (Fsp3) is 0.600. The molecule has 0 spiro atoms. The van der Waals surface area contributed by atoms with Crippen molar-refractivity contribution in [3.8, 4) is 11.5 Å². The summed E-state index contributed by atoms with van der Waals surface area (Å²) in [5.41, 5.74) is 3.26. The number of carbonyl (C=O) groups excluding carboxylic acids is 2. The average Bonchev–Trinajstić information content (AvgIpc) is 2.95. The Labute approximate surface area is 257 Å². The van der Waals surface area contributed by atoms with Gasteiger partial charge in [0.1, 0.15) is 24.7 Å². The second-order valence-corrected chi connectivity index (χ2v) is 13.6. The van der Waals surface area contributed by atoms with E-state index in [2.05, 4.69) is 0 Å². The third kappa shape index (κ3) is 9.97. The largest absolute Gasteiger partial charge is 0.507 e. The summed E-state index contributed by atoms with van der Waals surface area (Å²) in [5.74, 6) is -0.436. The monoisotopic (exact) mass is 600 g/mol. The van der Waals surface area contributed by atoms with Crippen molar-refractivity contribution in [2.24, 2.45) is 5.41 Å². The summed E-state index contributed by atoms with van der Waals surface area (Å²) >= 11 is 0. The second-order valence-electron chi connectivity index (χ2n) is 13.6. The molecule has 2 aromatic rings. The molecule has 0 heterocycles. The first-order chi connectivity index (χ1) is 20.0. The fourth-order valence-electron chi connectivity index (χ4n) is 4.87. The number of aliphatic hydroxyl groups excluding tert-OH is 2. The quantitative estimate of drug-likeness (QED) is 0.211. The number of aryl methyl sites for hydroxylation is 4. The van der Waals surface area contributed by atoms with Crippen LogP contribution < -0.4 is 0 Å². The molecule has 0 saturated carbocycles. The van der Waals surface area contributed by atoms with Gasteiger partial charge in [-0.25, -0.2) is 0 Å². The van der Waals surface area contributed by atoms with E-state index >= 15 is 0 Å². The van der Waals surface area contributed by atoms with Crippen molar-refractivity contribution in [3.05, 3.63) is 57.6 Å². The van der Waals surface area contributed by atoms with Crippen LogP contribution in [0.15, 0.2) is 24.3 Å². The number of aliphatic hydroxyl groups is 2. The lowest BCUT2D eigenvalue weighted by atomic mass is 9.83. The number of hydrogen-bond acceptors (Lipinski definition) is 8. The van der Waals surface area contributed by atoms with E-state index in [0.29, 0.717) is 25.7 Å². The number of rotatable bonds is 14. The van der Waals surface area contributed by atoms with Gasteiger partial charge in [0.15, 0.2) is 0 Å². The van der Waals surface area contributed by atoms with Crippen LogP contribution in [0.25, 0.3) is 0 Å². The van der Waals surface area contributed by atoms with Gasteiger partial charge in [-0.2, -0.15) is 0 Å². The standard InChI is InChI=1S/C35H52O8/c1-9-25-15-23(17-27(31(25)40)33(3,4)5)11-13-29(38)42-21-35(19-36,20-37)22-43-30(39)14-12-24-16-26(10-2)32(41)28(18-24)34(6,7)8/h15-18,36-37,40-41H,9-14,19-22H2,1-8H3. The SMILES string of the molecule is CCc1cc(CCC(=O)OCC(CO)(CO)COC(=O)CCc2cc(CC)c(O)c(C(C)(C)C)c2)cc(C(C)(C)C)c1O. The Morgan fingerprint density at radius 2 is 1.00 bits per heavy atom. The van der Waals surface area contributed by atoms with E-state index in [1.54, 1.807) is 0 Å². The molecule has 0 atom stereocenters. The number of hydrogen-bond donors (Lipinski definition) is 4. The highest BCUT2D eigenvalue weighted by Crippen LogP contribution is 2.36. The van der Waals surface area contributed by atoms with E-state index < -0.39 is 30.6 Å². The van der Waals surface area contributed by atoms with Crippen LogP contribution in [-0.4, -0.2) is 58.8 Å². The zero-order valence-electron chi connectivity index (χ0n) is 27.3. The van der Waals surface area contributed by atoms with Crippen LogP contribution in [-0.2, 0) is 55.6 Å². The molecular weight excluding hydrogens is 548 g/mol. The molecule has 0 aromatic heterocycles. The van der Waals surface area contributed by atoms with Gasteiger partial charge in [-0.05, 0) is 69.9 Å². The zero-order chi connectivity index (χ0) is 32.6. The Morgan fingerprint density at radius 1 is 0.651 bits per heavy atom. The van der Waals surface area contributed by atoms with Crippen LogP contribution in [0.2, 0.25) is 0 Å². The Kier molecular flexibility index (Phi) is 12.6. The van der Waals surface area contributed by atoms with Crippen LogP contribution in [0.1, 0.15) is 102 Å². The van der Waals surface area contributed by atoms with Crippen LogP contribution in [0, 0.1) is 5.41 Å². The topological polar surface area (TPSA) is 134 Å². The highest BCUT2D eigenvalue weighted by molar-refractivity contribution is 5.70. The smallest absolute Gasteiger partial charge is 0.306 e. The van der Waals surface area contributed by atoms with Crippen molar-refractivity contribution >= 4 is 11.9 Å². The van der Waals surface area contributed by atoms with Crippen molar-refractivity contribution in [3.63, 3.8) is 0 Å². The first-order valence-electron chi connectivity index (χ1n) is 15.2. The molecule has 0 unspecified atom stereocenters. The Morgan fingerprint density at radius 3 is 1.28 bits per heavy atom. The summed E-state index contributed by atoms with van der Waals surface area (Å²) in [7, 11) is 0. The second kappa shape index (κ2) is 15.1. The minimum absolute atomic E-state index is 0.0766. The number of phenolic OH excluding ortho intramolecular Hbond substituents is 2. The molecular formula is C35H52O8. The summed E-state index contributed by atoms with van der Waals surface area (Å²) < 4.78 is 10.8. The van der Waals surface area contributed by atoms with Gasteiger partial charge in [0.2, 0.25) is 0 Å². The number of aromatic hydroxyl groups is 2. The van der Waals surface area contributed by atoms with Gasteiger partial charge in [-0.3, -0.25) is 9.59 Å². The Bertz CT molecular complexity index is 1150. The normalized spacial score (nSPS) is 12.3. The van der Waals surface area contributed by atoms with Gasteiger partial charge in [-0.15, -0.1) is 0 Å². The highest BCUT2D eigenvalue weighted by Gasteiger charge is 2.33. The van der Waals surface area contributed by atoms with Gasteiger partial charge in [-0.1, -0.05) is 79.7 Å². The fourth-order valence-corrected chi connectivity index (χ4v) is 4.87. The molecule has 0 aliphatic heterocycles. The summed E-state index contributed by atoms with van der Waals surface area (Å²) in [6, 6.07) is 7.62. The summed E-state index contributed by atoms with van der Waals surface area (Å²) in [6.45, 7) is 14.4. The van der Waals surface area contributed by atoms with E-state index in [4.69, 9.17) is 9.47 Å². The number of benzene rings is 2. The Balaban J connectivity index is 1.97. The van der Waals surface area contributed by atoms with Crippen molar-refractivity contribution in [2.45, 2.75) is 105 Å². The molecule has 0 saturated heterocycles. The van der Waals surface area contributed by atoms with E-state index in [-0.39, 0.29) is 48.4 Å². The van der Waals surface area contributed by atoms with Gasteiger partial charge in [0.05, 0.1) is 18.6 Å². The van der Waals surface area contributed by atoms with E-state index in [0.717, 1.165) is 33.4 Å². The number of carbonyl (C=O) groups is 2. The molecule has 0 fully saturated rings. The number of ether oxygens (including phenoxy) is 2. The molecule has 8 nitrogen and oxygen atoms in total. The van der Waals surface area contributed by atoms with Crippen molar-refractivity contribution in [2.75, 3.05) is 26.4 Å². The third-order valence-electron chi connectivity index (χ3n) is 7.86. The predicted molar refractivity (Wildman–Crippen MR) is 168 cm³/mol. The van der Waals surface area contributed by atoms with Crippen LogP contribution in [0.3, 0.4) is 0 Å². The van der Waals surface area contributed by atoms with Crippen molar-refractivity contribution in [1.82, 2.24) is 0 Å². The molecule has 0 bridgehead atoms. The van der Waals surface area contributed by atoms with Crippen LogP contribution in [0.5, 0.6) is 11.5 Å². The molecule has 0 aliphatic carbocycles. The minimum atomic E-state index is -1.33. The molecule has 0 radical (unpaired) electrons. The zero-order valence-corrected chi connectivity index (χ0v) is 27.3. The minimum Gasteiger partial charge on any atom is -0.507 e. The maximum absolute atomic E-state index is 12.6. The van der Waals surface area contributed by atoms with Crippen LogP contribution in [0.4, 0.5) is 0 Å².